The zero-order chi connectivity index (χ0) is 14.6. The van der Waals surface area contributed by atoms with Crippen molar-refractivity contribution in [1.29, 1.82) is 0 Å². The van der Waals surface area contributed by atoms with E-state index in [1.54, 1.807) is 0 Å². The molecule has 0 bridgehead atoms. The fraction of sp³-hybridized carbons (Fsp3) is 1.00. The van der Waals surface area contributed by atoms with E-state index in [-0.39, 0.29) is 0 Å². The van der Waals surface area contributed by atoms with Crippen LogP contribution >= 0.6 is 0 Å². The van der Waals surface area contributed by atoms with Gasteiger partial charge < -0.3 is 9.80 Å². The Hall–Kier alpha value is -0.0800. The lowest BCUT2D eigenvalue weighted by atomic mass is 9.77. The summed E-state index contributed by atoms with van der Waals surface area (Å²) < 4.78 is 0. The van der Waals surface area contributed by atoms with Crippen LogP contribution in [0.5, 0.6) is 0 Å². The molecule has 0 aromatic rings. The summed E-state index contributed by atoms with van der Waals surface area (Å²) in [7, 11) is 0. The second kappa shape index (κ2) is 7.26. The molecule has 0 aromatic heterocycles. The number of likely N-dealkylation sites (tertiary alicyclic amines) is 2. The topological polar surface area (TPSA) is 6.48 Å². The molecule has 0 atom stereocenters. The maximum Gasteiger partial charge on any atom is 0.00222 e. The van der Waals surface area contributed by atoms with Crippen LogP contribution in [-0.2, 0) is 0 Å². The van der Waals surface area contributed by atoms with E-state index in [1.807, 2.05) is 0 Å². The first-order valence-corrected chi connectivity index (χ1v) is 8.89. The van der Waals surface area contributed by atoms with Crippen molar-refractivity contribution in [2.75, 3.05) is 39.3 Å². The molecule has 2 aliphatic heterocycles. The van der Waals surface area contributed by atoms with Crippen LogP contribution < -0.4 is 0 Å². The second-order valence-electron chi connectivity index (χ2n) is 8.48. The molecule has 118 valence electrons. The van der Waals surface area contributed by atoms with Crippen LogP contribution in [0.3, 0.4) is 0 Å². The van der Waals surface area contributed by atoms with Crippen LogP contribution in [0.1, 0.15) is 59.8 Å². The van der Waals surface area contributed by atoms with Gasteiger partial charge in [0.1, 0.15) is 0 Å². The molecule has 2 nitrogen and oxygen atoms in total. The highest BCUT2D eigenvalue weighted by molar-refractivity contribution is 4.85. The van der Waals surface area contributed by atoms with Crippen molar-refractivity contribution in [2.45, 2.75) is 59.8 Å². The molecule has 0 unspecified atom stereocenters. The largest absolute Gasteiger partial charge is 0.303 e. The molecule has 20 heavy (non-hydrogen) atoms. The third-order valence-electron chi connectivity index (χ3n) is 5.20. The Morgan fingerprint density at radius 1 is 1.00 bits per heavy atom. The van der Waals surface area contributed by atoms with Gasteiger partial charge in [-0.25, -0.2) is 0 Å². The van der Waals surface area contributed by atoms with Crippen LogP contribution in [0.2, 0.25) is 0 Å². The molecule has 0 spiro atoms. The first kappa shape index (κ1) is 16.3. The summed E-state index contributed by atoms with van der Waals surface area (Å²) in [4.78, 5) is 5.32. The minimum absolute atomic E-state index is 0.539. The van der Waals surface area contributed by atoms with Gasteiger partial charge >= 0.3 is 0 Å². The molecule has 0 aromatic carbocycles. The molecule has 0 aliphatic carbocycles. The first-order chi connectivity index (χ1) is 9.44. The summed E-state index contributed by atoms with van der Waals surface area (Å²) in [5, 5.41) is 0. The third kappa shape index (κ3) is 5.37. The van der Waals surface area contributed by atoms with E-state index in [0.29, 0.717) is 5.41 Å². The number of hydrogen-bond acceptors (Lipinski definition) is 2. The van der Waals surface area contributed by atoms with E-state index in [4.69, 9.17) is 0 Å². The SMILES string of the molecule is CC(C)CCN1CC(CC(C)(C)CCN2CCCC2)C1. The minimum atomic E-state index is 0.539. The van der Waals surface area contributed by atoms with Crippen LogP contribution in [0.25, 0.3) is 0 Å². The van der Waals surface area contributed by atoms with Gasteiger partial charge in [0.2, 0.25) is 0 Å². The Balaban J connectivity index is 1.58. The molecule has 2 rings (SSSR count). The summed E-state index contributed by atoms with van der Waals surface area (Å²) in [6.45, 7) is 17.7. The summed E-state index contributed by atoms with van der Waals surface area (Å²) in [6, 6.07) is 0. The highest BCUT2D eigenvalue weighted by Crippen LogP contribution is 2.34. The quantitative estimate of drug-likeness (QED) is 0.666. The van der Waals surface area contributed by atoms with Crippen molar-refractivity contribution in [1.82, 2.24) is 9.80 Å². The maximum atomic E-state index is 2.66. The average molecular weight is 280 g/mol. The molecule has 2 fully saturated rings. The van der Waals surface area contributed by atoms with Gasteiger partial charge in [-0.1, -0.05) is 27.7 Å². The fourth-order valence-corrected chi connectivity index (χ4v) is 3.78. The summed E-state index contributed by atoms with van der Waals surface area (Å²) in [5.74, 6) is 1.82. The molecule has 0 amide bonds. The van der Waals surface area contributed by atoms with Gasteiger partial charge in [-0.2, -0.15) is 0 Å². The number of rotatable bonds is 8. The second-order valence-corrected chi connectivity index (χ2v) is 8.48. The van der Waals surface area contributed by atoms with Gasteiger partial charge in [0.25, 0.3) is 0 Å². The van der Waals surface area contributed by atoms with E-state index in [2.05, 4.69) is 37.5 Å². The standard InChI is InChI=1S/C18H36N2/c1-16(2)7-11-20-14-17(15-20)13-18(3,4)8-12-19-9-5-6-10-19/h16-17H,5-15H2,1-4H3. The van der Waals surface area contributed by atoms with E-state index < -0.39 is 0 Å². The van der Waals surface area contributed by atoms with E-state index in [1.165, 1.54) is 71.4 Å². The van der Waals surface area contributed by atoms with Crippen molar-refractivity contribution in [3.8, 4) is 0 Å². The molecule has 2 saturated heterocycles. The molecule has 0 saturated carbocycles. The lowest BCUT2D eigenvalue weighted by Crippen LogP contribution is -2.48. The Bertz CT molecular complexity index is 273. The van der Waals surface area contributed by atoms with Crippen LogP contribution in [0.15, 0.2) is 0 Å². The molecule has 2 aliphatic rings. The monoisotopic (exact) mass is 280 g/mol. The molecule has 0 N–H and O–H groups in total. The maximum absolute atomic E-state index is 2.66. The van der Waals surface area contributed by atoms with Crippen LogP contribution in [-0.4, -0.2) is 49.1 Å². The number of nitrogens with zero attached hydrogens (tertiary/aromatic N) is 2. The Morgan fingerprint density at radius 2 is 1.65 bits per heavy atom. The zero-order valence-electron chi connectivity index (χ0n) is 14.3. The van der Waals surface area contributed by atoms with E-state index >= 15 is 0 Å². The Kier molecular flexibility index (Phi) is 5.92. The molecule has 2 heterocycles. The van der Waals surface area contributed by atoms with E-state index in [9.17, 15) is 0 Å². The van der Waals surface area contributed by atoms with Crippen LogP contribution in [0.4, 0.5) is 0 Å². The van der Waals surface area contributed by atoms with Gasteiger partial charge in [-0.3, -0.25) is 0 Å². The Morgan fingerprint density at radius 3 is 2.25 bits per heavy atom. The van der Waals surface area contributed by atoms with Crippen LogP contribution in [0, 0.1) is 17.3 Å². The molecular formula is C18H36N2. The smallest absolute Gasteiger partial charge is 0.00222 e. The molecule has 2 heteroatoms. The van der Waals surface area contributed by atoms with Crippen molar-refractivity contribution >= 4 is 0 Å². The normalized spacial score (nSPS) is 22.6. The Labute approximate surface area is 126 Å². The predicted octanol–water partition coefficient (Wildman–Crippen LogP) is 3.87. The highest BCUT2D eigenvalue weighted by Gasteiger charge is 2.32. The van der Waals surface area contributed by atoms with Crippen molar-refractivity contribution in [3.05, 3.63) is 0 Å². The lowest BCUT2D eigenvalue weighted by molar-refractivity contribution is 0.0566. The van der Waals surface area contributed by atoms with Gasteiger partial charge in [-0.05, 0) is 75.5 Å². The molecular weight excluding hydrogens is 244 g/mol. The summed E-state index contributed by atoms with van der Waals surface area (Å²) in [6.07, 6.45) is 7.03. The highest BCUT2D eigenvalue weighted by atomic mass is 15.2. The summed E-state index contributed by atoms with van der Waals surface area (Å²) in [5.41, 5.74) is 0.539. The first-order valence-electron chi connectivity index (χ1n) is 8.89. The minimum Gasteiger partial charge on any atom is -0.303 e. The fourth-order valence-electron chi connectivity index (χ4n) is 3.78. The van der Waals surface area contributed by atoms with Gasteiger partial charge in [-0.15, -0.1) is 0 Å². The number of hydrogen-bond donors (Lipinski definition) is 0. The molecule has 0 radical (unpaired) electrons. The third-order valence-corrected chi connectivity index (χ3v) is 5.20. The van der Waals surface area contributed by atoms with Gasteiger partial charge in [0, 0.05) is 13.1 Å². The lowest BCUT2D eigenvalue weighted by Gasteiger charge is -2.43. The van der Waals surface area contributed by atoms with Crippen molar-refractivity contribution < 1.29 is 0 Å². The predicted molar refractivity (Wildman–Crippen MR) is 88.1 cm³/mol. The zero-order valence-corrected chi connectivity index (χ0v) is 14.3. The van der Waals surface area contributed by atoms with Gasteiger partial charge in [0.15, 0.2) is 0 Å². The average Bonchev–Trinajstić information content (AvgIpc) is 2.82. The van der Waals surface area contributed by atoms with Crippen molar-refractivity contribution in [2.24, 2.45) is 17.3 Å². The van der Waals surface area contributed by atoms with E-state index in [0.717, 1.165) is 11.8 Å². The van der Waals surface area contributed by atoms with Crippen molar-refractivity contribution in [3.63, 3.8) is 0 Å². The summed E-state index contributed by atoms with van der Waals surface area (Å²) >= 11 is 0. The van der Waals surface area contributed by atoms with Gasteiger partial charge in [0.05, 0.1) is 0 Å².